The Morgan fingerprint density at radius 2 is 1.81 bits per heavy atom. The summed E-state index contributed by atoms with van der Waals surface area (Å²) >= 11 is 0. The van der Waals surface area contributed by atoms with Crippen molar-refractivity contribution in [2.24, 2.45) is 23.2 Å². The Bertz CT molecular complexity index is 837. The highest BCUT2D eigenvalue weighted by atomic mass is 28.4. The fraction of sp³-hybridized carbons (Fsp3) is 0.818. The molecule has 36 heavy (non-hydrogen) atoms. The van der Waals surface area contributed by atoms with Crippen LogP contribution in [0.5, 0.6) is 0 Å². The molecule has 0 spiro atoms. The lowest BCUT2D eigenvalue weighted by Crippen LogP contribution is -2.44. The van der Waals surface area contributed by atoms with Gasteiger partial charge in [0.2, 0.25) is 0 Å². The first-order chi connectivity index (χ1) is 16.5. The van der Waals surface area contributed by atoms with E-state index in [4.69, 9.17) is 4.43 Å². The molecule has 0 amide bonds. The fourth-order valence-corrected chi connectivity index (χ4v) is 8.74. The zero-order valence-electron chi connectivity index (χ0n) is 25.3. The molecule has 5 atom stereocenters. The summed E-state index contributed by atoms with van der Waals surface area (Å²) in [4.78, 5) is 0. The minimum absolute atomic E-state index is 0.254. The van der Waals surface area contributed by atoms with Gasteiger partial charge >= 0.3 is 0 Å². The summed E-state index contributed by atoms with van der Waals surface area (Å²) in [5.41, 5.74) is 4.36. The van der Waals surface area contributed by atoms with E-state index in [1.165, 1.54) is 49.7 Å². The van der Waals surface area contributed by atoms with E-state index in [1.807, 2.05) is 13.8 Å². The van der Waals surface area contributed by atoms with Crippen LogP contribution in [0.4, 0.5) is 0 Å². The Morgan fingerprint density at radius 3 is 2.44 bits per heavy atom. The normalized spacial score (nSPS) is 33.3. The molecule has 3 aliphatic rings. The van der Waals surface area contributed by atoms with Crippen LogP contribution >= 0.6 is 0 Å². The number of rotatable bonds is 8. The maximum atomic E-state index is 10.1. The third-order valence-electron chi connectivity index (χ3n) is 10.6. The van der Waals surface area contributed by atoms with Crippen molar-refractivity contribution in [2.45, 2.75) is 149 Å². The van der Waals surface area contributed by atoms with Crippen molar-refractivity contribution in [2.75, 3.05) is 0 Å². The maximum absolute atomic E-state index is 10.1. The molecule has 3 fully saturated rings. The van der Waals surface area contributed by atoms with E-state index in [9.17, 15) is 5.11 Å². The molecule has 0 saturated heterocycles. The van der Waals surface area contributed by atoms with E-state index in [0.717, 1.165) is 49.9 Å². The second-order valence-electron chi connectivity index (χ2n) is 15.1. The molecule has 3 heteroatoms. The average molecular weight is 515 g/mol. The average Bonchev–Trinajstić information content (AvgIpc) is 3.09. The first-order valence-electron chi connectivity index (χ1n) is 15.0. The predicted octanol–water partition coefficient (Wildman–Crippen LogP) is 9.76. The standard InChI is InChI=1S/C33H58O2Si/c1-24-15-18-28(35-36(9,10)31(3,4)5)23-27(24)17-16-26-14-12-22-33(8)29(19-20-30(26)33)25(2)13-11-21-32(6,7)34/h16-17,25,28-30,34H,1,11-15,18-23H2,2-10H3/t25-,28+,29-,30+,33-/m1/s1. The van der Waals surface area contributed by atoms with E-state index in [1.54, 1.807) is 5.57 Å². The first kappa shape index (κ1) is 29.9. The summed E-state index contributed by atoms with van der Waals surface area (Å²) < 4.78 is 6.81. The van der Waals surface area contributed by atoms with E-state index in [2.05, 4.69) is 66.4 Å². The van der Waals surface area contributed by atoms with Crippen molar-refractivity contribution in [1.29, 1.82) is 0 Å². The zero-order valence-corrected chi connectivity index (χ0v) is 26.3. The van der Waals surface area contributed by atoms with Crippen LogP contribution in [0, 0.1) is 23.2 Å². The quantitative estimate of drug-likeness (QED) is 0.327. The summed E-state index contributed by atoms with van der Waals surface area (Å²) in [7, 11) is -1.75. The monoisotopic (exact) mass is 514 g/mol. The maximum Gasteiger partial charge on any atom is 0.192 e. The summed E-state index contributed by atoms with van der Waals surface area (Å²) in [6.45, 7) is 25.2. The van der Waals surface area contributed by atoms with Gasteiger partial charge in [-0.3, -0.25) is 0 Å². The number of hydrogen-bond acceptors (Lipinski definition) is 2. The lowest BCUT2D eigenvalue weighted by molar-refractivity contribution is 0.0596. The van der Waals surface area contributed by atoms with Gasteiger partial charge in [0.15, 0.2) is 8.32 Å². The van der Waals surface area contributed by atoms with Gasteiger partial charge in [0.25, 0.3) is 0 Å². The van der Waals surface area contributed by atoms with Crippen molar-refractivity contribution >= 4 is 8.32 Å². The topological polar surface area (TPSA) is 29.5 Å². The summed E-state index contributed by atoms with van der Waals surface area (Å²) in [5, 5.41) is 10.4. The molecule has 3 rings (SSSR count). The summed E-state index contributed by atoms with van der Waals surface area (Å²) in [6, 6.07) is 0. The van der Waals surface area contributed by atoms with Gasteiger partial charge in [0.1, 0.15) is 0 Å². The van der Waals surface area contributed by atoms with E-state index in [-0.39, 0.29) is 5.04 Å². The lowest BCUT2D eigenvalue weighted by Gasteiger charge is -2.44. The van der Waals surface area contributed by atoms with Gasteiger partial charge in [-0.25, -0.2) is 0 Å². The van der Waals surface area contributed by atoms with Crippen molar-refractivity contribution in [3.8, 4) is 0 Å². The molecule has 3 aliphatic carbocycles. The predicted molar refractivity (Wildman–Crippen MR) is 159 cm³/mol. The van der Waals surface area contributed by atoms with Gasteiger partial charge in [-0.2, -0.15) is 0 Å². The highest BCUT2D eigenvalue weighted by molar-refractivity contribution is 6.74. The van der Waals surface area contributed by atoms with Crippen LogP contribution in [0.25, 0.3) is 0 Å². The third-order valence-corrected chi connectivity index (χ3v) is 15.1. The fourth-order valence-electron chi connectivity index (χ4n) is 7.35. The number of fused-ring (bicyclic) bond motifs is 1. The van der Waals surface area contributed by atoms with Gasteiger partial charge in [-0.15, -0.1) is 0 Å². The lowest BCUT2D eigenvalue weighted by atomic mass is 9.60. The largest absolute Gasteiger partial charge is 0.414 e. The molecule has 206 valence electrons. The Hall–Kier alpha value is -0.643. The molecule has 0 aromatic carbocycles. The van der Waals surface area contributed by atoms with E-state index in [0.29, 0.717) is 11.5 Å². The minimum atomic E-state index is -1.75. The zero-order chi connectivity index (χ0) is 26.9. The smallest absolute Gasteiger partial charge is 0.192 e. The Balaban J connectivity index is 1.69. The van der Waals surface area contributed by atoms with Crippen molar-refractivity contribution < 1.29 is 9.53 Å². The molecule has 0 unspecified atom stereocenters. The van der Waals surface area contributed by atoms with Gasteiger partial charge in [-0.1, -0.05) is 77.3 Å². The molecule has 2 nitrogen and oxygen atoms in total. The molecule has 0 aliphatic heterocycles. The number of allylic oxidation sites excluding steroid dienone is 4. The molecular weight excluding hydrogens is 456 g/mol. The van der Waals surface area contributed by atoms with Gasteiger partial charge in [0, 0.05) is 6.10 Å². The van der Waals surface area contributed by atoms with Crippen LogP contribution < -0.4 is 0 Å². The molecule has 0 aromatic rings. The second-order valence-corrected chi connectivity index (χ2v) is 19.8. The molecular formula is C33H58O2Si. The van der Waals surface area contributed by atoms with Crippen LogP contribution in [-0.2, 0) is 4.43 Å². The Morgan fingerprint density at radius 1 is 1.11 bits per heavy atom. The van der Waals surface area contributed by atoms with Crippen molar-refractivity contribution in [3.63, 3.8) is 0 Å². The Kier molecular flexibility index (Phi) is 9.33. The van der Waals surface area contributed by atoms with Gasteiger partial charge in [-0.05, 0) is 119 Å². The van der Waals surface area contributed by atoms with Crippen molar-refractivity contribution in [3.05, 3.63) is 35.5 Å². The molecule has 3 saturated carbocycles. The van der Waals surface area contributed by atoms with Crippen LogP contribution in [0.15, 0.2) is 35.5 Å². The third kappa shape index (κ3) is 7.06. The highest BCUT2D eigenvalue weighted by Crippen LogP contribution is 2.60. The molecule has 0 heterocycles. The van der Waals surface area contributed by atoms with Gasteiger partial charge < -0.3 is 9.53 Å². The van der Waals surface area contributed by atoms with Crippen LogP contribution in [0.1, 0.15) is 119 Å². The Labute approximate surface area is 225 Å². The molecule has 0 bridgehead atoms. The van der Waals surface area contributed by atoms with E-state index < -0.39 is 13.9 Å². The number of hydrogen-bond donors (Lipinski definition) is 1. The molecule has 0 radical (unpaired) electrons. The summed E-state index contributed by atoms with van der Waals surface area (Å²) in [6.07, 6.45) is 18.5. The van der Waals surface area contributed by atoms with E-state index >= 15 is 0 Å². The van der Waals surface area contributed by atoms with Crippen LogP contribution in [0.2, 0.25) is 18.1 Å². The summed E-state index contributed by atoms with van der Waals surface area (Å²) in [5.74, 6) is 2.29. The molecule has 0 aromatic heterocycles. The number of aliphatic hydroxyl groups is 1. The van der Waals surface area contributed by atoms with Crippen LogP contribution in [-0.4, -0.2) is 25.1 Å². The highest BCUT2D eigenvalue weighted by Gasteiger charge is 2.50. The minimum Gasteiger partial charge on any atom is -0.414 e. The molecule has 1 N–H and O–H groups in total. The first-order valence-corrected chi connectivity index (χ1v) is 17.9. The van der Waals surface area contributed by atoms with Crippen LogP contribution in [0.3, 0.4) is 0 Å². The van der Waals surface area contributed by atoms with Crippen molar-refractivity contribution in [1.82, 2.24) is 0 Å². The second kappa shape index (κ2) is 11.2. The van der Waals surface area contributed by atoms with Gasteiger partial charge in [0.05, 0.1) is 5.60 Å². The SMILES string of the molecule is C=C1CC[C@H](O[Si](C)(C)C(C)(C)C)CC1=CC=C1CCC[C@]2(C)[C@@H]([C@H](C)CCCC(C)(C)O)CC[C@@H]12.